The highest BCUT2D eigenvalue weighted by molar-refractivity contribution is 5.44. The number of hydrogen-bond donors (Lipinski definition) is 0. The maximum atomic E-state index is 5.71. The van der Waals surface area contributed by atoms with E-state index in [0.29, 0.717) is 6.79 Å². The standard InChI is InChI=1S/C12H14O4/c1-8-4-5-13-12(16-8)9-2-3-10-11(6-9)15-7-14-10/h2-3,6,8,12H,4-5,7H2,1H3/t8-,12+/m1/s1. The molecule has 0 amide bonds. The van der Waals surface area contributed by atoms with E-state index in [2.05, 4.69) is 6.92 Å². The summed E-state index contributed by atoms with van der Waals surface area (Å²) in [5, 5.41) is 0. The second-order valence-electron chi connectivity index (χ2n) is 4.05. The van der Waals surface area contributed by atoms with Gasteiger partial charge in [0.2, 0.25) is 6.79 Å². The van der Waals surface area contributed by atoms with E-state index < -0.39 is 0 Å². The average molecular weight is 222 g/mol. The maximum Gasteiger partial charge on any atom is 0.231 e. The first-order valence-electron chi connectivity index (χ1n) is 5.49. The molecule has 1 aromatic carbocycles. The number of hydrogen-bond acceptors (Lipinski definition) is 4. The van der Waals surface area contributed by atoms with Crippen LogP contribution in [0.1, 0.15) is 25.2 Å². The third-order valence-electron chi connectivity index (χ3n) is 2.82. The van der Waals surface area contributed by atoms with Gasteiger partial charge in [-0.05, 0) is 31.5 Å². The van der Waals surface area contributed by atoms with Crippen LogP contribution in [-0.4, -0.2) is 19.5 Å². The molecule has 1 saturated heterocycles. The Balaban J connectivity index is 1.83. The van der Waals surface area contributed by atoms with Crippen LogP contribution in [0.25, 0.3) is 0 Å². The minimum absolute atomic E-state index is 0.240. The van der Waals surface area contributed by atoms with Gasteiger partial charge >= 0.3 is 0 Å². The van der Waals surface area contributed by atoms with Crippen LogP contribution in [0.4, 0.5) is 0 Å². The topological polar surface area (TPSA) is 36.9 Å². The highest BCUT2D eigenvalue weighted by atomic mass is 16.7. The molecule has 0 aliphatic carbocycles. The SMILES string of the molecule is C[C@@H]1CCO[C@H](c2ccc3c(c2)OCO3)O1. The summed E-state index contributed by atoms with van der Waals surface area (Å²) in [5.41, 5.74) is 0.982. The molecule has 86 valence electrons. The van der Waals surface area contributed by atoms with E-state index in [1.807, 2.05) is 18.2 Å². The minimum atomic E-state index is -0.279. The van der Waals surface area contributed by atoms with Crippen LogP contribution in [0.5, 0.6) is 11.5 Å². The number of ether oxygens (including phenoxy) is 4. The Bertz CT molecular complexity index is 391. The highest BCUT2D eigenvalue weighted by Crippen LogP contribution is 2.36. The van der Waals surface area contributed by atoms with Crippen molar-refractivity contribution in [2.45, 2.75) is 25.7 Å². The molecule has 2 aliphatic heterocycles. The van der Waals surface area contributed by atoms with Gasteiger partial charge < -0.3 is 18.9 Å². The molecule has 3 rings (SSSR count). The fourth-order valence-corrected chi connectivity index (χ4v) is 1.89. The first-order chi connectivity index (χ1) is 7.83. The summed E-state index contributed by atoms with van der Waals surface area (Å²) in [7, 11) is 0. The van der Waals surface area contributed by atoms with Crippen molar-refractivity contribution in [2.24, 2.45) is 0 Å². The van der Waals surface area contributed by atoms with Crippen molar-refractivity contribution in [1.29, 1.82) is 0 Å². The van der Waals surface area contributed by atoms with Gasteiger partial charge in [0.15, 0.2) is 17.8 Å². The Hall–Kier alpha value is -1.26. The largest absolute Gasteiger partial charge is 0.454 e. The number of rotatable bonds is 1. The van der Waals surface area contributed by atoms with Gasteiger partial charge in [0.05, 0.1) is 12.7 Å². The highest BCUT2D eigenvalue weighted by Gasteiger charge is 2.23. The van der Waals surface area contributed by atoms with Crippen LogP contribution in [0.3, 0.4) is 0 Å². The number of fused-ring (bicyclic) bond motifs is 1. The van der Waals surface area contributed by atoms with E-state index in [-0.39, 0.29) is 12.4 Å². The predicted molar refractivity (Wildman–Crippen MR) is 56.4 cm³/mol. The molecule has 0 radical (unpaired) electrons. The van der Waals surface area contributed by atoms with Gasteiger partial charge in [0.1, 0.15) is 0 Å². The van der Waals surface area contributed by atoms with Gasteiger partial charge in [-0.15, -0.1) is 0 Å². The van der Waals surface area contributed by atoms with Gasteiger partial charge in [-0.1, -0.05) is 0 Å². The Morgan fingerprint density at radius 3 is 2.94 bits per heavy atom. The molecular formula is C12H14O4. The van der Waals surface area contributed by atoms with Gasteiger partial charge in [0.25, 0.3) is 0 Å². The Morgan fingerprint density at radius 2 is 2.06 bits per heavy atom. The van der Waals surface area contributed by atoms with Crippen LogP contribution in [0, 0.1) is 0 Å². The molecule has 16 heavy (non-hydrogen) atoms. The number of benzene rings is 1. The van der Waals surface area contributed by atoms with E-state index in [1.54, 1.807) is 0 Å². The molecule has 1 aromatic rings. The lowest BCUT2D eigenvalue weighted by atomic mass is 10.1. The van der Waals surface area contributed by atoms with Crippen molar-refractivity contribution in [1.82, 2.24) is 0 Å². The molecule has 4 nitrogen and oxygen atoms in total. The van der Waals surface area contributed by atoms with Crippen molar-refractivity contribution < 1.29 is 18.9 Å². The molecule has 0 spiro atoms. The van der Waals surface area contributed by atoms with E-state index in [4.69, 9.17) is 18.9 Å². The van der Waals surface area contributed by atoms with Crippen molar-refractivity contribution in [3.8, 4) is 11.5 Å². The van der Waals surface area contributed by atoms with Crippen LogP contribution in [-0.2, 0) is 9.47 Å². The molecule has 0 unspecified atom stereocenters. The van der Waals surface area contributed by atoms with Crippen LogP contribution in [0.15, 0.2) is 18.2 Å². The van der Waals surface area contributed by atoms with Crippen molar-refractivity contribution in [3.63, 3.8) is 0 Å². The molecule has 0 saturated carbocycles. The van der Waals surface area contributed by atoms with Crippen molar-refractivity contribution in [2.75, 3.05) is 13.4 Å². The first kappa shape index (κ1) is 9.93. The summed E-state index contributed by atoms with van der Waals surface area (Å²) in [5.74, 6) is 1.55. The molecule has 2 heterocycles. The van der Waals surface area contributed by atoms with Gasteiger partial charge in [-0.2, -0.15) is 0 Å². The summed E-state index contributed by atoms with van der Waals surface area (Å²) < 4.78 is 21.9. The Morgan fingerprint density at radius 1 is 1.19 bits per heavy atom. The third kappa shape index (κ3) is 1.74. The predicted octanol–water partition coefficient (Wildman–Crippen LogP) is 2.24. The zero-order valence-electron chi connectivity index (χ0n) is 9.14. The molecule has 2 atom stereocenters. The molecule has 1 fully saturated rings. The third-order valence-corrected chi connectivity index (χ3v) is 2.82. The Labute approximate surface area is 94.1 Å². The maximum absolute atomic E-state index is 5.71. The quantitative estimate of drug-likeness (QED) is 0.730. The van der Waals surface area contributed by atoms with Crippen LogP contribution in [0.2, 0.25) is 0 Å². The zero-order chi connectivity index (χ0) is 11.0. The van der Waals surface area contributed by atoms with E-state index in [9.17, 15) is 0 Å². The lowest BCUT2D eigenvalue weighted by Gasteiger charge is -2.28. The monoisotopic (exact) mass is 222 g/mol. The average Bonchev–Trinajstić information content (AvgIpc) is 2.75. The molecule has 0 aromatic heterocycles. The summed E-state index contributed by atoms with van der Waals surface area (Å²) in [6, 6.07) is 5.77. The lowest BCUT2D eigenvalue weighted by molar-refractivity contribution is -0.212. The first-order valence-corrected chi connectivity index (χ1v) is 5.49. The second kappa shape index (κ2) is 3.96. The van der Waals surface area contributed by atoms with E-state index in [1.165, 1.54) is 0 Å². The summed E-state index contributed by atoms with van der Waals surface area (Å²) >= 11 is 0. The molecule has 0 N–H and O–H groups in total. The minimum Gasteiger partial charge on any atom is -0.454 e. The fraction of sp³-hybridized carbons (Fsp3) is 0.500. The van der Waals surface area contributed by atoms with Gasteiger partial charge in [-0.25, -0.2) is 0 Å². The summed E-state index contributed by atoms with van der Waals surface area (Å²) in [6.07, 6.45) is 0.906. The van der Waals surface area contributed by atoms with Crippen molar-refractivity contribution >= 4 is 0 Å². The molecule has 0 bridgehead atoms. The normalized spacial score (nSPS) is 28.1. The smallest absolute Gasteiger partial charge is 0.231 e. The molecular weight excluding hydrogens is 208 g/mol. The molecule has 4 heteroatoms. The van der Waals surface area contributed by atoms with Crippen LogP contribution < -0.4 is 9.47 Å². The van der Waals surface area contributed by atoms with E-state index in [0.717, 1.165) is 30.1 Å². The second-order valence-corrected chi connectivity index (χ2v) is 4.05. The van der Waals surface area contributed by atoms with Crippen LogP contribution >= 0.6 is 0 Å². The van der Waals surface area contributed by atoms with Crippen molar-refractivity contribution in [3.05, 3.63) is 23.8 Å². The summed E-state index contributed by atoms with van der Waals surface area (Å²) in [4.78, 5) is 0. The van der Waals surface area contributed by atoms with Gasteiger partial charge in [-0.3, -0.25) is 0 Å². The van der Waals surface area contributed by atoms with Gasteiger partial charge in [0, 0.05) is 5.56 Å². The molecule has 2 aliphatic rings. The lowest BCUT2D eigenvalue weighted by Crippen LogP contribution is -2.24. The summed E-state index contributed by atoms with van der Waals surface area (Å²) in [6.45, 7) is 3.09. The Kier molecular flexibility index (Phi) is 2.46. The fourth-order valence-electron chi connectivity index (χ4n) is 1.89. The van der Waals surface area contributed by atoms with E-state index >= 15 is 0 Å². The zero-order valence-corrected chi connectivity index (χ0v) is 9.14.